The lowest BCUT2D eigenvalue weighted by molar-refractivity contribution is 1.07. The van der Waals surface area contributed by atoms with E-state index in [1.807, 2.05) is 96.5 Å². The van der Waals surface area contributed by atoms with E-state index in [2.05, 4.69) is 113 Å². The van der Waals surface area contributed by atoms with Gasteiger partial charge in [-0.15, -0.1) is 11.3 Å². The van der Waals surface area contributed by atoms with Crippen LogP contribution in [0.5, 0.6) is 0 Å². The van der Waals surface area contributed by atoms with Crippen LogP contribution in [-0.4, -0.2) is 24.5 Å². The van der Waals surface area contributed by atoms with Crippen molar-refractivity contribution in [3.05, 3.63) is 188 Å². The largest absolute Gasteiger partial charge is 0.309 e. The molecule has 5 nitrogen and oxygen atoms in total. The third kappa shape index (κ3) is 5.46. The summed E-state index contributed by atoms with van der Waals surface area (Å²) in [6, 6.07) is 61.9. The fourth-order valence-corrected chi connectivity index (χ4v) is 9.17. The highest BCUT2D eigenvalue weighted by Crippen LogP contribution is 2.43. The summed E-state index contributed by atoms with van der Waals surface area (Å²) >= 11 is 1.88. The molecule has 11 aromatic rings. The van der Waals surface area contributed by atoms with Crippen molar-refractivity contribution in [1.82, 2.24) is 24.5 Å². The molecule has 0 aliphatic carbocycles. The van der Waals surface area contributed by atoms with E-state index < -0.39 is 0 Å². The summed E-state index contributed by atoms with van der Waals surface area (Å²) in [7, 11) is 0. The van der Waals surface area contributed by atoms with Crippen molar-refractivity contribution in [2.24, 2.45) is 0 Å². The standard InChI is InChI=1S/C50H31N5S/c1-3-12-33(13-4-1)48-52-49(34-14-5-2-6-15-34)54-50(53-48)38-29-36(32-24-26-51-27-25-32)28-37(30-38)35-16-11-17-39(31-35)55-43-20-9-7-19-42(43)46-44(55)23-22-41-40-18-8-10-21-45(40)56-47(41)46/h1-31H. The van der Waals surface area contributed by atoms with Crippen LogP contribution in [0.3, 0.4) is 0 Å². The van der Waals surface area contributed by atoms with E-state index in [9.17, 15) is 0 Å². The van der Waals surface area contributed by atoms with E-state index in [1.165, 1.54) is 42.0 Å². The maximum absolute atomic E-state index is 5.10. The summed E-state index contributed by atoms with van der Waals surface area (Å²) in [5.74, 6) is 1.87. The molecule has 0 spiro atoms. The predicted octanol–water partition coefficient (Wildman–Crippen LogP) is 13.1. The molecular formula is C50H31N5S. The van der Waals surface area contributed by atoms with Gasteiger partial charge in [0.2, 0.25) is 0 Å². The zero-order valence-corrected chi connectivity index (χ0v) is 30.9. The van der Waals surface area contributed by atoms with Gasteiger partial charge in [-0.05, 0) is 82.9 Å². The van der Waals surface area contributed by atoms with Crippen LogP contribution in [0, 0.1) is 0 Å². The Balaban J connectivity index is 1.11. The fraction of sp³-hybridized carbons (Fsp3) is 0. The molecule has 6 heteroatoms. The van der Waals surface area contributed by atoms with Crippen molar-refractivity contribution in [3.63, 3.8) is 0 Å². The summed E-state index contributed by atoms with van der Waals surface area (Å²) in [6.45, 7) is 0. The monoisotopic (exact) mass is 733 g/mol. The Morgan fingerprint density at radius 2 is 0.964 bits per heavy atom. The van der Waals surface area contributed by atoms with Crippen LogP contribution in [0.15, 0.2) is 188 Å². The average molecular weight is 734 g/mol. The first kappa shape index (κ1) is 32.2. The van der Waals surface area contributed by atoms with Crippen molar-refractivity contribution in [2.75, 3.05) is 0 Å². The first-order valence-corrected chi connectivity index (χ1v) is 19.4. The zero-order valence-electron chi connectivity index (χ0n) is 30.0. The van der Waals surface area contributed by atoms with E-state index in [1.54, 1.807) is 0 Å². The SMILES string of the molecule is c1ccc(-c2nc(-c3ccccc3)nc(-c3cc(-c4ccncc4)cc(-c4cccc(-n5c6ccccc6c6c7sc8ccccc8c7ccc65)c4)c3)n2)cc1. The molecule has 262 valence electrons. The van der Waals surface area contributed by atoms with Crippen molar-refractivity contribution in [3.8, 4) is 62.1 Å². The topological polar surface area (TPSA) is 56.5 Å². The van der Waals surface area contributed by atoms with Gasteiger partial charge >= 0.3 is 0 Å². The smallest absolute Gasteiger partial charge is 0.164 e. The Kier molecular flexibility index (Phi) is 7.60. The van der Waals surface area contributed by atoms with Gasteiger partial charge in [0.1, 0.15) is 0 Å². The molecule has 0 bridgehead atoms. The molecular weight excluding hydrogens is 703 g/mol. The Bertz CT molecular complexity index is 3190. The maximum Gasteiger partial charge on any atom is 0.164 e. The number of benzene rings is 7. The zero-order chi connectivity index (χ0) is 37.0. The molecule has 56 heavy (non-hydrogen) atoms. The van der Waals surface area contributed by atoms with Crippen LogP contribution < -0.4 is 0 Å². The van der Waals surface area contributed by atoms with E-state index in [0.29, 0.717) is 17.5 Å². The lowest BCUT2D eigenvalue weighted by atomic mass is 9.96. The van der Waals surface area contributed by atoms with E-state index in [4.69, 9.17) is 15.0 Å². The van der Waals surface area contributed by atoms with Gasteiger partial charge in [-0.2, -0.15) is 0 Å². The number of nitrogens with zero attached hydrogens (tertiary/aromatic N) is 5. The van der Waals surface area contributed by atoms with Gasteiger partial charge in [0.25, 0.3) is 0 Å². The second-order valence-corrected chi connectivity index (χ2v) is 15.0. The molecule has 7 aromatic carbocycles. The molecule has 0 atom stereocenters. The Morgan fingerprint density at radius 1 is 0.375 bits per heavy atom. The minimum Gasteiger partial charge on any atom is -0.309 e. The van der Waals surface area contributed by atoms with Crippen LogP contribution in [0.25, 0.3) is 104 Å². The molecule has 0 amide bonds. The highest BCUT2D eigenvalue weighted by Gasteiger charge is 2.19. The molecule has 0 saturated heterocycles. The third-order valence-corrected chi connectivity index (χ3v) is 11.7. The molecule has 0 radical (unpaired) electrons. The highest BCUT2D eigenvalue weighted by molar-refractivity contribution is 7.26. The molecule has 11 rings (SSSR count). The number of fused-ring (bicyclic) bond motifs is 7. The number of thiophene rings is 1. The first-order valence-electron chi connectivity index (χ1n) is 18.6. The second-order valence-electron chi connectivity index (χ2n) is 13.9. The van der Waals surface area contributed by atoms with Crippen LogP contribution in [0.4, 0.5) is 0 Å². The van der Waals surface area contributed by atoms with Crippen LogP contribution in [0.1, 0.15) is 0 Å². The fourth-order valence-electron chi connectivity index (χ4n) is 7.91. The second kappa shape index (κ2) is 13.2. The van der Waals surface area contributed by atoms with Crippen LogP contribution in [0.2, 0.25) is 0 Å². The molecule has 4 aromatic heterocycles. The Labute approximate surface area is 326 Å². The number of rotatable bonds is 6. The number of hydrogen-bond donors (Lipinski definition) is 0. The number of aromatic nitrogens is 5. The molecule has 0 unspecified atom stereocenters. The van der Waals surface area contributed by atoms with Crippen molar-refractivity contribution >= 4 is 53.3 Å². The summed E-state index contributed by atoms with van der Waals surface area (Å²) in [4.78, 5) is 19.5. The summed E-state index contributed by atoms with van der Waals surface area (Å²) < 4.78 is 5.05. The molecule has 0 aliphatic heterocycles. The minimum absolute atomic E-state index is 0.612. The summed E-state index contributed by atoms with van der Waals surface area (Å²) in [5, 5.41) is 5.16. The Hall–Kier alpha value is -7.28. The number of para-hydroxylation sites is 1. The molecule has 0 saturated carbocycles. The number of pyridine rings is 1. The highest BCUT2D eigenvalue weighted by atomic mass is 32.1. The minimum atomic E-state index is 0.612. The van der Waals surface area contributed by atoms with Crippen molar-refractivity contribution in [2.45, 2.75) is 0 Å². The van der Waals surface area contributed by atoms with Gasteiger partial charge in [0.15, 0.2) is 17.5 Å². The van der Waals surface area contributed by atoms with Crippen molar-refractivity contribution < 1.29 is 0 Å². The maximum atomic E-state index is 5.10. The van der Waals surface area contributed by atoms with Gasteiger partial charge in [0, 0.05) is 65.7 Å². The Morgan fingerprint density at radius 3 is 1.70 bits per heavy atom. The first-order chi connectivity index (χ1) is 27.7. The molecule has 0 fully saturated rings. The number of hydrogen-bond acceptors (Lipinski definition) is 5. The third-order valence-electron chi connectivity index (χ3n) is 10.5. The lowest BCUT2D eigenvalue weighted by Gasteiger charge is -2.14. The van der Waals surface area contributed by atoms with Gasteiger partial charge in [-0.25, -0.2) is 15.0 Å². The lowest BCUT2D eigenvalue weighted by Crippen LogP contribution is -2.00. The van der Waals surface area contributed by atoms with Gasteiger partial charge in [0.05, 0.1) is 11.0 Å². The molecule has 4 heterocycles. The van der Waals surface area contributed by atoms with E-state index in [0.717, 1.165) is 44.6 Å². The van der Waals surface area contributed by atoms with Gasteiger partial charge in [-0.1, -0.05) is 115 Å². The van der Waals surface area contributed by atoms with Crippen molar-refractivity contribution in [1.29, 1.82) is 0 Å². The quantitative estimate of drug-likeness (QED) is 0.171. The van der Waals surface area contributed by atoms with E-state index in [-0.39, 0.29) is 0 Å². The van der Waals surface area contributed by atoms with Gasteiger partial charge in [-0.3, -0.25) is 4.98 Å². The van der Waals surface area contributed by atoms with Crippen LogP contribution in [-0.2, 0) is 0 Å². The van der Waals surface area contributed by atoms with Gasteiger partial charge < -0.3 is 4.57 Å². The molecule has 0 aliphatic rings. The van der Waals surface area contributed by atoms with E-state index >= 15 is 0 Å². The average Bonchev–Trinajstić information content (AvgIpc) is 3.83. The normalized spacial score (nSPS) is 11.6. The molecule has 0 N–H and O–H groups in total. The van der Waals surface area contributed by atoms with Crippen LogP contribution >= 0.6 is 11.3 Å². The predicted molar refractivity (Wildman–Crippen MR) is 232 cm³/mol. The summed E-state index contributed by atoms with van der Waals surface area (Å²) in [5.41, 5.74) is 10.5. The summed E-state index contributed by atoms with van der Waals surface area (Å²) in [6.07, 6.45) is 3.67.